The number of hydrogen-bond donors (Lipinski definition) is 1. The van der Waals surface area contributed by atoms with E-state index in [1.54, 1.807) is 19.1 Å². The second-order valence-corrected chi connectivity index (χ2v) is 5.76. The Bertz CT molecular complexity index is 756. The topological polar surface area (TPSA) is 81.5 Å². The van der Waals surface area contributed by atoms with Crippen molar-refractivity contribution in [3.05, 3.63) is 69.3 Å². The van der Waals surface area contributed by atoms with Crippen molar-refractivity contribution in [2.75, 3.05) is 0 Å². The zero-order chi connectivity index (χ0) is 17.7. The van der Waals surface area contributed by atoms with Gasteiger partial charge in [0.15, 0.2) is 0 Å². The van der Waals surface area contributed by atoms with E-state index < -0.39 is 4.92 Å². The van der Waals surface area contributed by atoms with Crippen LogP contribution in [0.5, 0.6) is 5.75 Å². The van der Waals surface area contributed by atoms with Crippen LogP contribution in [-0.2, 0) is 6.54 Å². The van der Waals surface area contributed by atoms with Gasteiger partial charge in [-0.15, -0.1) is 0 Å². The smallest absolute Gasteiger partial charge is 0.273 e. The summed E-state index contributed by atoms with van der Waals surface area (Å²) < 4.78 is 5.61. The van der Waals surface area contributed by atoms with Gasteiger partial charge in [-0.25, -0.2) is 0 Å². The third kappa shape index (κ3) is 4.55. The van der Waals surface area contributed by atoms with Crippen LogP contribution in [0.25, 0.3) is 0 Å². The molecule has 0 fully saturated rings. The quantitative estimate of drug-likeness (QED) is 0.648. The van der Waals surface area contributed by atoms with Crippen LogP contribution in [0.4, 0.5) is 5.69 Å². The van der Waals surface area contributed by atoms with Crippen LogP contribution in [-0.4, -0.2) is 16.9 Å². The Balaban J connectivity index is 2.06. The van der Waals surface area contributed by atoms with Gasteiger partial charge in [0, 0.05) is 23.7 Å². The molecule has 2 aromatic rings. The number of amides is 1. The van der Waals surface area contributed by atoms with Crippen LogP contribution in [0.3, 0.4) is 0 Å². The van der Waals surface area contributed by atoms with Crippen molar-refractivity contribution in [1.29, 1.82) is 0 Å². The van der Waals surface area contributed by atoms with Crippen LogP contribution in [0.15, 0.2) is 42.5 Å². The van der Waals surface area contributed by atoms with Crippen LogP contribution in [0, 0.1) is 17.0 Å². The van der Waals surface area contributed by atoms with E-state index in [1.807, 2.05) is 38.1 Å². The molecule has 0 bridgehead atoms. The summed E-state index contributed by atoms with van der Waals surface area (Å²) in [5.74, 6) is 0.385. The fourth-order valence-electron chi connectivity index (χ4n) is 2.23. The van der Waals surface area contributed by atoms with Crippen molar-refractivity contribution in [2.24, 2.45) is 0 Å². The minimum absolute atomic E-state index is 0.0602. The predicted molar refractivity (Wildman–Crippen MR) is 91.2 cm³/mol. The number of nitrogens with one attached hydrogen (secondary N) is 1. The van der Waals surface area contributed by atoms with E-state index in [2.05, 4.69) is 5.32 Å². The summed E-state index contributed by atoms with van der Waals surface area (Å²) >= 11 is 0. The van der Waals surface area contributed by atoms with Gasteiger partial charge in [-0.1, -0.05) is 18.2 Å². The first kappa shape index (κ1) is 17.5. The summed E-state index contributed by atoms with van der Waals surface area (Å²) in [4.78, 5) is 22.7. The number of nitrogens with zero attached hydrogens (tertiary/aromatic N) is 1. The maximum Gasteiger partial charge on any atom is 0.273 e. The standard InChI is InChI=1S/C18H20N2O4/c1-12(2)24-16-6-4-5-14(9-16)11-19-18(21)15-8-7-13(3)17(10-15)20(22)23/h4-10,12H,11H2,1-3H3,(H,19,21). The number of rotatable bonds is 6. The molecule has 0 radical (unpaired) electrons. The highest BCUT2D eigenvalue weighted by Gasteiger charge is 2.14. The molecule has 0 spiro atoms. The van der Waals surface area contributed by atoms with Crippen molar-refractivity contribution in [2.45, 2.75) is 33.4 Å². The van der Waals surface area contributed by atoms with Crippen molar-refractivity contribution in [3.63, 3.8) is 0 Å². The molecule has 0 heterocycles. The number of ether oxygens (including phenoxy) is 1. The van der Waals surface area contributed by atoms with Gasteiger partial charge in [-0.2, -0.15) is 0 Å². The number of carbonyl (C=O) groups is 1. The van der Waals surface area contributed by atoms with E-state index in [9.17, 15) is 14.9 Å². The Morgan fingerprint density at radius 2 is 2.00 bits per heavy atom. The van der Waals surface area contributed by atoms with Gasteiger partial charge in [0.05, 0.1) is 11.0 Å². The molecule has 126 valence electrons. The first-order chi connectivity index (χ1) is 11.4. The highest BCUT2D eigenvalue weighted by molar-refractivity contribution is 5.94. The molecule has 6 heteroatoms. The molecule has 1 amide bonds. The van der Waals surface area contributed by atoms with Gasteiger partial charge in [0.1, 0.15) is 5.75 Å². The molecular weight excluding hydrogens is 308 g/mol. The summed E-state index contributed by atoms with van der Waals surface area (Å²) in [6.45, 7) is 5.84. The number of hydrogen-bond acceptors (Lipinski definition) is 4. The molecule has 0 atom stereocenters. The Kier molecular flexibility index (Phi) is 5.52. The van der Waals surface area contributed by atoms with E-state index in [-0.39, 0.29) is 23.3 Å². The Morgan fingerprint density at radius 3 is 2.67 bits per heavy atom. The van der Waals surface area contributed by atoms with E-state index in [1.165, 1.54) is 6.07 Å². The van der Waals surface area contributed by atoms with Crippen molar-refractivity contribution in [1.82, 2.24) is 5.32 Å². The molecule has 0 aliphatic carbocycles. The van der Waals surface area contributed by atoms with Gasteiger partial charge in [-0.05, 0) is 44.5 Å². The highest BCUT2D eigenvalue weighted by atomic mass is 16.6. The van der Waals surface area contributed by atoms with Gasteiger partial charge in [0.2, 0.25) is 0 Å². The lowest BCUT2D eigenvalue weighted by atomic mass is 10.1. The molecule has 0 unspecified atom stereocenters. The second kappa shape index (κ2) is 7.59. The van der Waals surface area contributed by atoms with E-state index in [0.29, 0.717) is 12.1 Å². The lowest BCUT2D eigenvalue weighted by Crippen LogP contribution is -2.23. The SMILES string of the molecule is Cc1ccc(C(=O)NCc2cccc(OC(C)C)c2)cc1[N+](=O)[O-]. The number of carbonyl (C=O) groups excluding carboxylic acids is 1. The Morgan fingerprint density at radius 1 is 1.25 bits per heavy atom. The first-order valence-electron chi connectivity index (χ1n) is 7.65. The van der Waals surface area contributed by atoms with Crippen molar-refractivity contribution >= 4 is 11.6 Å². The number of aryl methyl sites for hydroxylation is 1. The van der Waals surface area contributed by atoms with Crippen LogP contribution in [0.2, 0.25) is 0 Å². The summed E-state index contributed by atoms with van der Waals surface area (Å²) in [7, 11) is 0. The normalized spacial score (nSPS) is 10.5. The third-order valence-corrected chi connectivity index (χ3v) is 3.39. The minimum atomic E-state index is -0.487. The van der Waals surface area contributed by atoms with Crippen molar-refractivity contribution < 1.29 is 14.5 Å². The molecule has 6 nitrogen and oxygen atoms in total. The maximum absolute atomic E-state index is 12.2. The van der Waals surface area contributed by atoms with E-state index in [0.717, 1.165) is 11.3 Å². The molecule has 2 rings (SSSR count). The summed E-state index contributed by atoms with van der Waals surface area (Å²) in [5, 5.41) is 13.7. The number of benzene rings is 2. The molecule has 0 aromatic heterocycles. The maximum atomic E-state index is 12.2. The lowest BCUT2D eigenvalue weighted by Gasteiger charge is -2.11. The average molecular weight is 328 g/mol. The molecule has 2 aromatic carbocycles. The molecule has 0 aliphatic heterocycles. The molecular formula is C18H20N2O4. The average Bonchev–Trinajstić information content (AvgIpc) is 2.52. The number of nitro groups is 1. The molecule has 24 heavy (non-hydrogen) atoms. The van der Waals surface area contributed by atoms with Gasteiger partial charge >= 0.3 is 0 Å². The Labute approximate surface area is 140 Å². The number of nitro benzene ring substituents is 1. The summed E-state index contributed by atoms with van der Waals surface area (Å²) in [6.07, 6.45) is 0.0722. The van der Waals surface area contributed by atoms with Crippen LogP contribution in [0.1, 0.15) is 35.3 Å². The summed E-state index contributed by atoms with van der Waals surface area (Å²) in [5.41, 5.74) is 1.62. The Hall–Kier alpha value is -2.89. The predicted octanol–water partition coefficient (Wildman–Crippen LogP) is 3.62. The molecule has 0 saturated carbocycles. The second-order valence-electron chi connectivity index (χ2n) is 5.76. The van der Waals surface area contributed by atoms with Gasteiger partial charge < -0.3 is 10.1 Å². The molecule has 0 saturated heterocycles. The minimum Gasteiger partial charge on any atom is -0.491 e. The lowest BCUT2D eigenvalue weighted by molar-refractivity contribution is -0.385. The van der Waals surface area contributed by atoms with Crippen molar-refractivity contribution in [3.8, 4) is 5.75 Å². The monoisotopic (exact) mass is 328 g/mol. The van der Waals surface area contributed by atoms with Crippen LogP contribution < -0.4 is 10.1 Å². The molecule has 0 aliphatic rings. The third-order valence-electron chi connectivity index (χ3n) is 3.39. The van der Waals surface area contributed by atoms with Crippen LogP contribution >= 0.6 is 0 Å². The summed E-state index contributed by atoms with van der Waals surface area (Å²) in [6, 6.07) is 11.9. The van der Waals surface area contributed by atoms with Gasteiger partial charge in [-0.3, -0.25) is 14.9 Å². The van der Waals surface area contributed by atoms with Gasteiger partial charge in [0.25, 0.3) is 11.6 Å². The fourth-order valence-corrected chi connectivity index (χ4v) is 2.23. The molecule has 1 N–H and O–H groups in total. The first-order valence-corrected chi connectivity index (χ1v) is 7.65. The van der Waals surface area contributed by atoms with E-state index >= 15 is 0 Å². The fraction of sp³-hybridized carbons (Fsp3) is 0.278. The zero-order valence-electron chi connectivity index (χ0n) is 13.9. The highest BCUT2D eigenvalue weighted by Crippen LogP contribution is 2.19. The van der Waals surface area contributed by atoms with E-state index in [4.69, 9.17) is 4.74 Å². The largest absolute Gasteiger partial charge is 0.491 e. The zero-order valence-corrected chi connectivity index (χ0v) is 13.9.